The van der Waals surface area contributed by atoms with E-state index >= 15 is 0 Å². The van der Waals surface area contributed by atoms with Crippen molar-refractivity contribution in [3.8, 4) is 17.2 Å². The molecule has 0 aliphatic carbocycles. The molecule has 0 radical (unpaired) electrons. The van der Waals surface area contributed by atoms with Gasteiger partial charge in [-0.15, -0.1) is 6.58 Å². The van der Waals surface area contributed by atoms with Gasteiger partial charge in [0.15, 0.2) is 0 Å². The molecule has 0 spiro atoms. The Morgan fingerprint density at radius 2 is 1.62 bits per heavy atom. The van der Waals surface area contributed by atoms with Gasteiger partial charge >= 0.3 is 0 Å². The Kier molecular flexibility index (Phi) is 5.26. The Morgan fingerprint density at radius 1 is 1.06 bits per heavy atom. The SMILES string of the molecule is C=CCCCOc1cc(OC)cc(OC)c1. The second-order valence-corrected chi connectivity index (χ2v) is 3.33. The summed E-state index contributed by atoms with van der Waals surface area (Å²) >= 11 is 0. The van der Waals surface area contributed by atoms with E-state index in [9.17, 15) is 0 Å². The van der Waals surface area contributed by atoms with E-state index < -0.39 is 0 Å². The van der Waals surface area contributed by atoms with Gasteiger partial charge in [-0.05, 0) is 12.8 Å². The van der Waals surface area contributed by atoms with Crippen LogP contribution in [-0.4, -0.2) is 20.8 Å². The summed E-state index contributed by atoms with van der Waals surface area (Å²) in [5, 5.41) is 0. The molecular formula is C13H18O3. The average molecular weight is 222 g/mol. The van der Waals surface area contributed by atoms with Crippen LogP contribution in [-0.2, 0) is 0 Å². The molecule has 0 atom stereocenters. The van der Waals surface area contributed by atoms with Gasteiger partial charge in [-0.25, -0.2) is 0 Å². The van der Waals surface area contributed by atoms with Gasteiger partial charge in [-0.1, -0.05) is 6.08 Å². The van der Waals surface area contributed by atoms with Gasteiger partial charge < -0.3 is 14.2 Å². The highest BCUT2D eigenvalue weighted by Crippen LogP contribution is 2.27. The van der Waals surface area contributed by atoms with Gasteiger partial charge in [0.2, 0.25) is 0 Å². The minimum absolute atomic E-state index is 0.669. The Morgan fingerprint density at radius 3 is 2.12 bits per heavy atom. The summed E-state index contributed by atoms with van der Waals surface area (Å²) < 4.78 is 15.9. The molecular weight excluding hydrogens is 204 g/mol. The van der Waals surface area contributed by atoms with Gasteiger partial charge in [0.25, 0.3) is 0 Å². The van der Waals surface area contributed by atoms with Crippen LogP contribution in [0.25, 0.3) is 0 Å². The average Bonchev–Trinajstić information content (AvgIpc) is 2.34. The van der Waals surface area contributed by atoms with Crippen LogP contribution < -0.4 is 14.2 Å². The topological polar surface area (TPSA) is 27.7 Å². The van der Waals surface area contributed by atoms with Gasteiger partial charge in [0, 0.05) is 18.2 Å². The molecule has 88 valence electrons. The maximum Gasteiger partial charge on any atom is 0.126 e. The number of rotatable bonds is 7. The third-order valence-corrected chi connectivity index (χ3v) is 2.15. The van der Waals surface area contributed by atoms with E-state index in [0.717, 1.165) is 30.1 Å². The van der Waals surface area contributed by atoms with E-state index in [2.05, 4.69) is 6.58 Å². The quantitative estimate of drug-likeness (QED) is 0.524. The zero-order chi connectivity index (χ0) is 11.8. The van der Waals surface area contributed by atoms with E-state index in [0.29, 0.717) is 6.61 Å². The first-order chi connectivity index (χ1) is 7.80. The first-order valence-electron chi connectivity index (χ1n) is 5.27. The lowest BCUT2D eigenvalue weighted by Crippen LogP contribution is -1.97. The van der Waals surface area contributed by atoms with E-state index in [1.807, 2.05) is 24.3 Å². The van der Waals surface area contributed by atoms with Crippen LogP contribution in [0.15, 0.2) is 30.9 Å². The number of ether oxygens (including phenoxy) is 3. The summed E-state index contributed by atoms with van der Waals surface area (Å²) in [5.41, 5.74) is 0. The monoisotopic (exact) mass is 222 g/mol. The molecule has 0 heterocycles. The van der Waals surface area contributed by atoms with Crippen molar-refractivity contribution < 1.29 is 14.2 Å². The number of methoxy groups -OCH3 is 2. The maximum atomic E-state index is 5.59. The Hall–Kier alpha value is -1.64. The van der Waals surface area contributed by atoms with Crippen LogP contribution in [0.1, 0.15) is 12.8 Å². The number of hydrogen-bond acceptors (Lipinski definition) is 3. The molecule has 0 aliphatic heterocycles. The molecule has 16 heavy (non-hydrogen) atoms. The molecule has 3 nitrogen and oxygen atoms in total. The fraction of sp³-hybridized carbons (Fsp3) is 0.385. The molecule has 3 heteroatoms. The minimum atomic E-state index is 0.669. The second-order valence-electron chi connectivity index (χ2n) is 3.33. The van der Waals surface area contributed by atoms with E-state index in [1.165, 1.54) is 0 Å². The van der Waals surface area contributed by atoms with Gasteiger partial charge in [0.05, 0.1) is 20.8 Å². The molecule has 0 aromatic heterocycles. The highest BCUT2D eigenvalue weighted by Gasteiger charge is 2.02. The summed E-state index contributed by atoms with van der Waals surface area (Å²) in [6, 6.07) is 5.50. The smallest absolute Gasteiger partial charge is 0.126 e. The zero-order valence-electron chi connectivity index (χ0n) is 9.86. The van der Waals surface area contributed by atoms with Crippen LogP contribution in [0, 0.1) is 0 Å². The van der Waals surface area contributed by atoms with Crippen molar-refractivity contribution in [2.24, 2.45) is 0 Å². The van der Waals surface area contributed by atoms with Crippen molar-refractivity contribution in [3.05, 3.63) is 30.9 Å². The largest absolute Gasteiger partial charge is 0.496 e. The Labute approximate surface area is 96.6 Å². The minimum Gasteiger partial charge on any atom is -0.496 e. The normalized spacial score (nSPS) is 9.62. The molecule has 0 N–H and O–H groups in total. The summed E-state index contributed by atoms with van der Waals surface area (Å²) in [7, 11) is 3.24. The predicted molar refractivity (Wildman–Crippen MR) is 64.5 cm³/mol. The summed E-state index contributed by atoms with van der Waals surface area (Å²) in [4.78, 5) is 0. The lowest BCUT2D eigenvalue weighted by molar-refractivity contribution is 0.306. The summed E-state index contributed by atoms with van der Waals surface area (Å²) in [6.45, 7) is 4.33. The summed E-state index contributed by atoms with van der Waals surface area (Å²) in [5.74, 6) is 2.23. The number of hydrogen-bond donors (Lipinski definition) is 0. The van der Waals surface area contributed by atoms with Crippen LogP contribution >= 0.6 is 0 Å². The third kappa shape index (κ3) is 3.85. The fourth-order valence-electron chi connectivity index (χ4n) is 1.28. The van der Waals surface area contributed by atoms with Gasteiger partial charge in [0.1, 0.15) is 17.2 Å². The molecule has 0 saturated heterocycles. The lowest BCUT2D eigenvalue weighted by Gasteiger charge is -2.09. The van der Waals surface area contributed by atoms with Crippen molar-refractivity contribution in [2.45, 2.75) is 12.8 Å². The molecule has 0 fully saturated rings. The first-order valence-corrected chi connectivity index (χ1v) is 5.27. The zero-order valence-corrected chi connectivity index (χ0v) is 9.86. The third-order valence-electron chi connectivity index (χ3n) is 2.15. The van der Waals surface area contributed by atoms with Crippen LogP contribution in [0.2, 0.25) is 0 Å². The van der Waals surface area contributed by atoms with Crippen molar-refractivity contribution >= 4 is 0 Å². The van der Waals surface area contributed by atoms with Crippen LogP contribution in [0.3, 0.4) is 0 Å². The van der Waals surface area contributed by atoms with E-state index in [4.69, 9.17) is 14.2 Å². The standard InChI is InChI=1S/C13H18O3/c1-4-5-6-7-16-13-9-11(14-2)8-12(10-13)15-3/h4,8-10H,1,5-7H2,2-3H3. The van der Waals surface area contributed by atoms with Crippen molar-refractivity contribution in [3.63, 3.8) is 0 Å². The van der Waals surface area contributed by atoms with Crippen LogP contribution in [0.5, 0.6) is 17.2 Å². The number of benzene rings is 1. The highest BCUT2D eigenvalue weighted by atomic mass is 16.5. The number of unbranched alkanes of at least 4 members (excludes halogenated alkanes) is 1. The Balaban J connectivity index is 2.60. The maximum absolute atomic E-state index is 5.59. The molecule has 0 saturated carbocycles. The van der Waals surface area contributed by atoms with Gasteiger partial charge in [-0.3, -0.25) is 0 Å². The highest BCUT2D eigenvalue weighted by molar-refractivity contribution is 5.41. The van der Waals surface area contributed by atoms with Crippen molar-refractivity contribution in [1.29, 1.82) is 0 Å². The molecule has 1 rings (SSSR count). The molecule has 0 amide bonds. The lowest BCUT2D eigenvalue weighted by atomic mass is 10.3. The van der Waals surface area contributed by atoms with Crippen molar-refractivity contribution in [2.75, 3.05) is 20.8 Å². The molecule has 1 aromatic rings. The molecule has 1 aromatic carbocycles. The predicted octanol–water partition coefficient (Wildman–Crippen LogP) is 3.05. The van der Waals surface area contributed by atoms with E-state index in [-0.39, 0.29) is 0 Å². The first kappa shape index (κ1) is 12.4. The Bertz CT molecular complexity index is 312. The van der Waals surface area contributed by atoms with Gasteiger partial charge in [-0.2, -0.15) is 0 Å². The molecule has 0 aliphatic rings. The van der Waals surface area contributed by atoms with Crippen molar-refractivity contribution in [1.82, 2.24) is 0 Å². The molecule has 0 bridgehead atoms. The number of allylic oxidation sites excluding steroid dienone is 1. The molecule has 0 unspecified atom stereocenters. The second kappa shape index (κ2) is 6.77. The van der Waals surface area contributed by atoms with Crippen LogP contribution in [0.4, 0.5) is 0 Å². The summed E-state index contributed by atoms with van der Waals surface area (Å²) in [6.07, 6.45) is 3.81. The fourth-order valence-corrected chi connectivity index (χ4v) is 1.28. The van der Waals surface area contributed by atoms with E-state index in [1.54, 1.807) is 14.2 Å².